The molecule has 0 saturated heterocycles. The van der Waals surface area contributed by atoms with E-state index in [1.54, 1.807) is 24.3 Å². The van der Waals surface area contributed by atoms with E-state index < -0.39 is 11.9 Å². The molecule has 10 heteroatoms. The average Bonchev–Trinajstić information content (AvgIpc) is 3.78. The van der Waals surface area contributed by atoms with Crippen LogP contribution in [0.2, 0.25) is 0 Å². The number of hydrogen-bond acceptors (Lipinski definition) is 8. The highest BCUT2D eigenvalue weighted by Crippen LogP contribution is 2.37. The van der Waals surface area contributed by atoms with Crippen molar-refractivity contribution >= 4 is 66.6 Å². The normalized spacial score (nSPS) is 12.1. The second-order valence-corrected chi connectivity index (χ2v) is 17.6. The second kappa shape index (κ2) is 14.6. The third-order valence-corrected chi connectivity index (χ3v) is 11.7. The van der Waals surface area contributed by atoms with E-state index in [1.807, 2.05) is 48.5 Å². The summed E-state index contributed by atoms with van der Waals surface area (Å²) in [7, 11) is 2.62. The van der Waals surface area contributed by atoms with E-state index in [0.717, 1.165) is 66.1 Å². The number of rotatable bonds is 4. The summed E-state index contributed by atoms with van der Waals surface area (Å²) in [6.07, 6.45) is 0. The summed E-state index contributed by atoms with van der Waals surface area (Å²) in [4.78, 5) is 59.3. The summed E-state index contributed by atoms with van der Waals surface area (Å²) in [5, 5.41) is 3.54. The number of aromatic nitrogens is 4. The van der Waals surface area contributed by atoms with Gasteiger partial charge in [0.1, 0.15) is 22.4 Å². The molecular weight excluding hydrogens is 777 g/mol. The first kappa shape index (κ1) is 40.0. The van der Waals surface area contributed by atoms with Crippen LogP contribution >= 0.6 is 0 Å². The lowest BCUT2D eigenvalue weighted by atomic mass is 9.86. The number of ether oxygens (including phenoxy) is 2. The SMILES string of the molecule is COC(=O)c1cc2c3ccccc3n3c(-c4ccc(C(C)(C)C)cc4)cc(=O)c(n1)c23.COC(=O)c1cc2c3ccccc3n3c(-c4ccc(C(C)(C)C)cc4)cc(=O)c(n1)c23. The summed E-state index contributed by atoms with van der Waals surface area (Å²) in [5.74, 6) is -1.12. The van der Waals surface area contributed by atoms with Gasteiger partial charge in [0, 0.05) is 33.7 Å². The number of fused-ring (bicyclic) bond motifs is 6. The van der Waals surface area contributed by atoms with E-state index >= 15 is 0 Å². The highest BCUT2D eigenvalue weighted by atomic mass is 16.5. The third kappa shape index (κ3) is 6.50. The first-order valence-electron chi connectivity index (χ1n) is 20.4. The van der Waals surface area contributed by atoms with Crippen molar-refractivity contribution in [2.45, 2.75) is 52.4 Å². The van der Waals surface area contributed by atoms with E-state index in [-0.39, 0.29) is 44.1 Å². The van der Waals surface area contributed by atoms with Crippen LogP contribution in [0.3, 0.4) is 0 Å². The Morgan fingerprint density at radius 3 is 1.18 bits per heavy atom. The van der Waals surface area contributed by atoms with Crippen molar-refractivity contribution in [3.05, 3.63) is 164 Å². The minimum Gasteiger partial charge on any atom is -0.464 e. The van der Waals surface area contributed by atoms with Gasteiger partial charge in [-0.05, 0) is 57.3 Å². The molecule has 6 heterocycles. The third-order valence-electron chi connectivity index (χ3n) is 11.7. The molecule has 0 saturated carbocycles. The fraction of sp³-hybridized carbons (Fsp3) is 0.192. The van der Waals surface area contributed by atoms with Gasteiger partial charge in [0.25, 0.3) is 0 Å². The largest absolute Gasteiger partial charge is 0.464 e. The molecule has 0 amide bonds. The molecule has 62 heavy (non-hydrogen) atoms. The fourth-order valence-corrected chi connectivity index (χ4v) is 8.46. The topological polar surface area (TPSA) is 121 Å². The Balaban J connectivity index is 0.000000158. The number of nitrogens with zero attached hydrogens (tertiary/aromatic N) is 4. The van der Waals surface area contributed by atoms with Gasteiger partial charge in [-0.1, -0.05) is 126 Å². The van der Waals surface area contributed by atoms with E-state index in [9.17, 15) is 19.2 Å². The molecule has 0 fully saturated rings. The van der Waals surface area contributed by atoms with Crippen molar-refractivity contribution in [2.24, 2.45) is 0 Å². The average molecular weight is 821 g/mol. The van der Waals surface area contributed by atoms with Gasteiger partial charge >= 0.3 is 11.9 Å². The monoisotopic (exact) mass is 820 g/mol. The lowest BCUT2D eigenvalue weighted by Gasteiger charge is -2.19. The Kier molecular flexibility index (Phi) is 9.43. The van der Waals surface area contributed by atoms with Gasteiger partial charge in [-0.3, -0.25) is 9.59 Å². The molecule has 0 atom stereocenters. The Morgan fingerprint density at radius 2 is 0.839 bits per heavy atom. The molecule has 6 aromatic heterocycles. The molecule has 4 aromatic carbocycles. The van der Waals surface area contributed by atoms with Crippen LogP contribution in [0.15, 0.2) is 131 Å². The summed E-state index contributed by atoms with van der Waals surface area (Å²) in [6, 6.07) is 39.2. The Hall–Kier alpha value is -7.46. The summed E-state index contributed by atoms with van der Waals surface area (Å²) in [5.41, 5.74) is 9.77. The van der Waals surface area contributed by atoms with E-state index in [1.165, 1.54) is 25.3 Å². The zero-order valence-electron chi connectivity index (χ0n) is 35.8. The molecule has 0 aliphatic heterocycles. The number of hydrogen-bond donors (Lipinski definition) is 0. The van der Waals surface area contributed by atoms with Gasteiger partial charge in [0.15, 0.2) is 0 Å². The maximum absolute atomic E-state index is 13.1. The van der Waals surface area contributed by atoms with E-state index in [0.29, 0.717) is 0 Å². The van der Waals surface area contributed by atoms with Crippen molar-refractivity contribution < 1.29 is 19.1 Å². The van der Waals surface area contributed by atoms with Crippen LogP contribution in [0.4, 0.5) is 0 Å². The Morgan fingerprint density at radius 1 is 0.484 bits per heavy atom. The summed E-state index contributed by atoms with van der Waals surface area (Å²) >= 11 is 0. The quantitative estimate of drug-likeness (QED) is 0.161. The van der Waals surface area contributed by atoms with Crippen molar-refractivity contribution in [1.82, 2.24) is 18.8 Å². The molecular formula is C52H44N4O6. The molecule has 0 unspecified atom stereocenters. The fourth-order valence-electron chi connectivity index (χ4n) is 8.46. The van der Waals surface area contributed by atoms with Gasteiger partial charge in [0.2, 0.25) is 10.9 Å². The van der Waals surface area contributed by atoms with Crippen LogP contribution in [0.1, 0.15) is 73.6 Å². The zero-order valence-corrected chi connectivity index (χ0v) is 35.8. The molecule has 10 rings (SSSR count). The standard InChI is InChI=1S/2C26H22N2O3/c2*1-26(2,3)16-11-9-15(10-12-16)21-14-22(29)23-24-18(13-19(27-23)25(30)31-4)17-7-5-6-8-20(17)28(21)24/h2*5-14H,1-4H3. The summed E-state index contributed by atoms with van der Waals surface area (Å²) < 4.78 is 13.8. The van der Waals surface area contributed by atoms with E-state index in [4.69, 9.17) is 9.47 Å². The van der Waals surface area contributed by atoms with Crippen LogP contribution in [0.5, 0.6) is 0 Å². The smallest absolute Gasteiger partial charge is 0.356 e. The lowest BCUT2D eigenvalue weighted by molar-refractivity contribution is 0.0586. The van der Waals surface area contributed by atoms with Crippen LogP contribution < -0.4 is 10.9 Å². The van der Waals surface area contributed by atoms with Crippen LogP contribution in [-0.2, 0) is 20.3 Å². The van der Waals surface area contributed by atoms with Gasteiger partial charge in [0.05, 0.1) is 47.7 Å². The summed E-state index contributed by atoms with van der Waals surface area (Å²) in [6.45, 7) is 13.1. The number of pyridine rings is 4. The Labute approximate surface area is 356 Å². The minimum atomic E-state index is -0.560. The molecule has 10 aromatic rings. The number of methoxy groups -OCH3 is 2. The molecule has 0 radical (unpaired) electrons. The van der Waals surface area contributed by atoms with Gasteiger partial charge in [-0.2, -0.15) is 0 Å². The molecule has 308 valence electrons. The van der Waals surface area contributed by atoms with Crippen molar-refractivity contribution in [1.29, 1.82) is 0 Å². The number of esters is 2. The molecule has 0 aliphatic rings. The van der Waals surface area contributed by atoms with Gasteiger partial charge in [-0.15, -0.1) is 0 Å². The number of carbonyl (C=O) groups excluding carboxylic acids is 2. The second-order valence-electron chi connectivity index (χ2n) is 17.6. The number of carbonyl (C=O) groups is 2. The van der Waals surface area contributed by atoms with Gasteiger partial charge in [-0.25, -0.2) is 19.6 Å². The maximum Gasteiger partial charge on any atom is 0.356 e. The minimum absolute atomic E-state index is 0.0452. The molecule has 0 aliphatic carbocycles. The van der Waals surface area contributed by atoms with Crippen molar-refractivity contribution in [3.8, 4) is 22.5 Å². The maximum atomic E-state index is 13.1. The highest BCUT2D eigenvalue weighted by Gasteiger charge is 2.24. The highest BCUT2D eigenvalue weighted by molar-refractivity contribution is 6.16. The molecule has 0 spiro atoms. The first-order valence-corrected chi connectivity index (χ1v) is 20.4. The predicted molar refractivity (Wildman–Crippen MR) is 246 cm³/mol. The Bertz CT molecular complexity index is 3280. The lowest BCUT2D eigenvalue weighted by Crippen LogP contribution is -2.12. The van der Waals surface area contributed by atoms with Crippen LogP contribution in [-0.4, -0.2) is 44.9 Å². The number of para-hydroxylation sites is 2. The van der Waals surface area contributed by atoms with Crippen molar-refractivity contribution in [3.63, 3.8) is 0 Å². The van der Waals surface area contributed by atoms with Crippen LogP contribution in [0, 0.1) is 0 Å². The van der Waals surface area contributed by atoms with Crippen LogP contribution in [0.25, 0.3) is 77.2 Å². The van der Waals surface area contributed by atoms with Gasteiger partial charge < -0.3 is 18.3 Å². The number of benzene rings is 4. The molecule has 0 bridgehead atoms. The van der Waals surface area contributed by atoms with E-state index in [2.05, 4.69) is 109 Å². The van der Waals surface area contributed by atoms with Crippen molar-refractivity contribution in [2.75, 3.05) is 14.2 Å². The first-order chi connectivity index (χ1) is 29.6. The molecule has 10 nitrogen and oxygen atoms in total. The predicted octanol–water partition coefficient (Wildman–Crippen LogP) is 10.4. The zero-order chi connectivity index (χ0) is 43.8. The molecule has 0 N–H and O–H groups in total.